The Labute approximate surface area is 169 Å². The van der Waals surface area contributed by atoms with Crippen LogP contribution in [0.25, 0.3) is 0 Å². The molecule has 1 unspecified atom stereocenters. The van der Waals surface area contributed by atoms with Gasteiger partial charge >= 0.3 is 0 Å². The molecule has 1 amide bonds. The molecule has 0 radical (unpaired) electrons. The van der Waals surface area contributed by atoms with Gasteiger partial charge in [0, 0.05) is 12.7 Å². The molecule has 2 aromatic carbocycles. The maximum atomic E-state index is 12.6. The molecular weight excluding hydrogens is 392 g/mol. The summed E-state index contributed by atoms with van der Waals surface area (Å²) in [4.78, 5) is 14.3. The molecule has 0 aliphatic rings. The van der Waals surface area contributed by atoms with Crippen LogP contribution in [0.1, 0.15) is 24.1 Å². The van der Waals surface area contributed by atoms with Gasteiger partial charge in [0.2, 0.25) is 5.91 Å². The molecule has 0 aliphatic carbocycles. The number of sulfonamides is 1. The van der Waals surface area contributed by atoms with E-state index in [9.17, 15) is 13.2 Å². The van der Waals surface area contributed by atoms with E-state index >= 15 is 0 Å². The number of carbonyl (C=O) groups is 1. The predicted octanol–water partition coefficient (Wildman–Crippen LogP) is 4.31. The van der Waals surface area contributed by atoms with Gasteiger partial charge in [-0.25, -0.2) is 8.42 Å². The van der Waals surface area contributed by atoms with E-state index in [1.807, 2.05) is 37.3 Å². The minimum Gasteiger partial charge on any atom is -0.339 e. The van der Waals surface area contributed by atoms with Crippen LogP contribution in [0, 0.1) is 0 Å². The number of hydrogen-bond acceptors (Lipinski definition) is 4. The second-order valence-corrected chi connectivity index (χ2v) is 9.36. The lowest BCUT2D eigenvalue weighted by Crippen LogP contribution is -2.30. The van der Waals surface area contributed by atoms with Crippen LogP contribution in [0.15, 0.2) is 76.3 Å². The Balaban J connectivity index is 1.63. The fourth-order valence-corrected chi connectivity index (χ4v) is 4.83. The molecule has 1 heterocycles. The molecule has 0 saturated heterocycles. The SMILES string of the molecule is CC(c1ccccc1)N(C)C(=O)Cc1ccc(NS(=O)(=O)c2cccs2)cc1. The number of nitrogens with zero attached hydrogens (tertiary/aromatic N) is 1. The van der Waals surface area contributed by atoms with Crippen LogP contribution in [0.4, 0.5) is 5.69 Å². The summed E-state index contributed by atoms with van der Waals surface area (Å²) in [5, 5.41) is 1.72. The van der Waals surface area contributed by atoms with Crippen LogP contribution >= 0.6 is 11.3 Å². The van der Waals surface area contributed by atoms with Gasteiger partial charge in [-0.3, -0.25) is 9.52 Å². The highest BCUT2D eigenvalue weighted by Crippen LogP contribution is 2.22. The zero-order chi connectivity index (χ0) is 20.1. The van der Waals surface area contributed by atoms with Gasteiger partial charge in [0.15, 0.2) is 0 Å². The fraction of sp³-hybridized carbons (Fsp3) is 0.190. The van der Waals surface area contributed by atoms with E-state index in [4.69, 9.17) is 0 Å². The van der Waals surface area contributed by atoms with Gasteiger partial charge in [-0.1, -0.05) is 48.5 Å². The molecule has 0 saturated carbocycles. The summed E-state index contributed by atoms with van der Waals surface area (Å²) in [6.07, 6.45) is 0.256. The summed E-state index contributed by atoms with van der Waals surface area (Å²) in [7, 11) is -1.77. The van der Waals surface area contributed by atoms with Gasteiger partial charge < -0.3 is 4.90 Å². The van der Waals surface area contributed by atoms with Gasteiger partial charge in [0.25, 0.3) is 10.0 Å². The van der Waals surface area contributed by atoms with E-state index in [2.05, 4.69) is 4.72 Å². The van der Waals surface area contributed by atoms with Crippen molar-refractivity contribution in [2.24, 2.45) is 0 Å². The lowest BCUT2D eigenvalue weighted by molar-refractivity contribution is -0.131. The van der Waals surface area contributed by atoms with Gasteiger partial charge in [-0.15, -0.1) is 11.3 Å². The average molecular weight is 415 g/mol. The number of thiophene rings is 1. The molecule has 28 heavy (non-hydrogen) atoms. The lowest BCUT2D eigenvalue weighted by atomic mass is 10.1. The van der Waals surface area contributed by atoms with Crippen LogP contribution in [0.2, 0.25) is 0 Å². The molecule has 0 fully saturated rings. The van der Waals surface area contributed by atoms with Crippen molar-refractivity contribution in [2.45, 2.75) is 23.6 Å². The monoisotopic (exact) mass is 414 g/mol. The Kier molecular flexibility index (Phi) is 6.16. The van der Waals surface area contributed by atoms with E-state index < -0.39 is 10.0 Å². The van der Waals surface area contributed by atoms with Crippen molar-refractivity contribution in [3.63, 3.8) is 0 Å². The third kappa shape index (κ3) is 4.79. The van der Waals surface area contributed by atoms with Crippen molar-refractivity contribution in [3.8, 4) is 0 Å². The first kappa shape index (κ1) is 20.1. The fourth-order valence-electron chi connectivity index (χ4n) is 2.78. The Morgan fingerprint density at radius 1 is 1.04 bits per heavy atom. The summed E-state index contributed by atoms with van der Waals surface area (Å²) in [6.45, 7) is 2.00. The number of anilines is 1. The number of likely N-dealkylation sites (N-methyl/N-ethyl adjacent to an activating group) is 1. The molecular formula is C21H22N2O3S2. The maximum Gasteiger partial charge on any atom is 0.271 e. The van der Waals surface area contributed by atoms with Crippen molar-refractivity contribution in [2.75, 3.05) is 11.8 Å². The molecule has 146 valence electrons. The van der Waals surface area contributed by atoms with Crippen LogP contribution in [0.5, 0.6) is 0 Å². The summed E-state index contributed by atoms with van der Waals surface area (Å²) >= 11 is 1.16. The normalized spacial score (nSPS) is 12.4. The topological polar surface area (TPSA) is 66.5 Å². The minimum atomic E-state index is -3.57. The summed E-state index contributed by atoms with van der Waals surface area (Å²) < 4.78 is 27.3. The van der Waals surface area contributed by atoms with Gasteiger partial charge in [0.1, 0.15) is 4.21 Å². The number of amides is 1. The smallest absolute Gasteiger partial charge is 0.271 e. The van der Waals surface area contributed by atoms with Crippen molar-refractivity contribution >= 4 is 33.0 Å². The van der Waals surface area contributed by atoms with E-state index in [-0.39, 0.29) is 22.6 Å². The van der Waals surface area contributed by atoms with Crippen molar-refractivity contribution in [1.29, 1.82) is 0 Å². The number of hydrogen-bond donors (Lipinski definition) is 1. The third-order valence-electron chi connectivity index (χ3n) is 4.58. The molecule has 3 rings (SSSR count). The average Bonchev–Trinajstić information content (AvgIpc) is 3.25. The standard InChI is InChI=1S/C21H22N2O3S2/c1-16(18-7-4-3-5-8-18)23(2)20(24)15-17-10-12-19(13-11-17)22-28(25,26)21-9-6-14-27-21/h3-14,16,22H,15H2,1-2H3. The van der Waals surface area contributed by atoms with Gasteiger partial charge in [-0.2, -0.15) is 0 Å². The van der Waals surface area contributed by atoms with Crippen LogP contribution in [0.3, 0.4) is 0 Å². The summed E-state index contributed by atoms with van der Waals surface area (Å²) in [5.74, 6) is 0.00303. The molecule has 7 heteroatoms. The van der Waals surface area contributed by atoms with E-state index in [1.165, 1.54) is 0 Å². The quantitative estimate of drug-likeness (QED) is 0.626. The molecule has 5 nitrogen and oxygen atoms in total. The highest BCUT2D eigenvalue weighted by atomic mass is 32.2. The van der Waals surface area contributed by atoms with Crippen LogP contribution in [-0.2, 0) is 21.2 Å². The van der Waals surface area contributed by atoms with Gasteiger partial charge in [0.05, 0.1) is 12.5 Å². The predicted molar refractivity (Wildman–Crippen MR) is 113 cm³/mol. The van der Waals surface area contributed by atoms with E-state index in [1.54, 1.807) is 53.7 Å². The van der Waals surface area contributed by atoms with Crippen LogP contribution < -0.4 is 4.72 Å². The Hall–Kier alpha value is -2.64. The lowest BCUT2D eigenvalue weighted by Gasteiger charge is -2.25. The second kappa shape index (κ2) is 8.58. The van der Waals surface area contributed by atoms with E-state index in [0.29, 0.717) is 5.69 Å². The van der Waals surface area contributed by atoms with Crippen LogP contribution in [-0.4, -0.2) is 26.3 Å². The first-order valence-corrected chi connectivity index (χ1v) is 11.2. The van der Waals surface area contributed by atoms with Gasteiger partial charge in [-0.05, 0) is 41.6 Å². The highest BCUT2D eigenvalue weighted by Gasteiger charge is 2.18. The number of carbonyl (C=O) groups excluding carboxylic acids is 1. The van der Waals surface area contributed by atoms with Crippen molar-refractivity contribution in [3.05, 3.63) is 83.2 Å². The summed E-state index contributed by atoms with van der Waals surface area (Å²) in [5.41, 5.74) is 2.38. The number of nitrogens with one attached hydrogen (secondary N) is 1. The highest BCUT2D eigenvalue weighted by molar-refractivity contribution is 7.94. The van der Waals surface area contributed by atoms with Crippen molar-refractivity contribution in [1.82, 2.24) is 4.90 Å². The Morgan fingerprint density at radius 2 is 1.71 bits per heavy atom. The minimum absolute atomic E-state index is 0.00303. The second-order valence-electron chi connectivity index (χ2n) is 6.50. The first-order chi connectivity index (χ1) is 13.4. The molecule has 0 aliphatic heterocycles. The molecule has 1 N–H and O–H groups in total. The van der Waals surface area contributed by atoms with E-state index in [0.717, 1.165) is 22.5 Å². The van der Waals surface area contributed by atoms with Crippen molar-refractivity contribution < 1.29 is 13.2 Å². The zero-order valence-electron chi connectivity index (χ0n) is 15.7. The third-order valence-corrected chi connectivity index (χ3v) is 7.36. The summed E-state index contributed by atoms with van der Waals surface area (Å²) in [6, 6.07) is 20.0. The molecule has 3 aromatic rings. The molecule has 0 bridgehead atoms. The largest absolute Gasteiger partial charge is 0.339 e. The number of benzene rings is 2. The molecule has 1 aromatic heterocycles. The zero-order valence-corrected chi connectivity index (χ0v) is 17.3. The first-order valence-electron chi connectivity index (χ1n) is 8.83. The molecule has 1 atom stereocenters. The Bertz CT molecular complexity index is 1020. The Morgan fingerprint density at radius 3 is 2.32 bits per heavy atom. The maximum absolute atomic E-state index is 12.6. The molecule has 0 spiro atoms. The number of rotatable bonds is 7.